The van der Waals surface area contributed by atoms with Crippen molar-refractivity contribution in [2.75, 3.05) is 37.8 Å². The Balaban J connectivity index is 2.22. The molecule has 1 aliphatic rings. The second-order valence-corrected chi connectivity index (χ2v) is 5.64. The first-order chi connectivity index (χ1) is 8.40. The number of nitrogen functional groups attached to an aromatic ring is 1. The maximum Gasteiger partial charge on any atom is 0.265 e. The van der Waals surface area contributed by atoms with Gasteiger partial charge >= 0.3 is 0 Å². The van der Waals surface area contributed by atoms with Crippen LogP contribution >= 0.6 is 11.3 Å². The Kier molecular flexibility index (Phi) is 3.47. The van der Waals surface area contributed by atoms with E-state index in [0.717, 1.165) is 5.00 Å². The van der Waals surface area contributed by atoms with Gasteiger partial charge in [-0.25, -0.2) is 0 Å². The number of hydrogen-bond acceptors (Lipinski definition) is 6. The van der Waals surface area contributed by atoms with Crippen LogP contribution in [0.4, 0.5) is 10.7 Å². The van der Waals surface area contributed by atoms with Crippen molar-refractivity contribution in [3.8, 4) is 0 Å². The zero-order chi connectivity index (χ0) is 13.4. The van der Waals surface area contributed by atoms with Gasteiger partial charge in [-0.1, -0.05) is 0 Å². The van der Waals surface area contributed by atoms with E-state index in [1.54, 1.807) is 20.2 Å². The van der Waals surface area contributed by atoms with Gasteiger partial charge < -0.3 is 25.7 Å². The molecule has 1 aromatic rings. The first kappa shape index (κ1) is 13.1. The molecule has 1 aliphatic heterocycles. The molecule has 0 spiro atoms. The van der Waals surface area contributed by atoms with E-state index in [4.69, 9.17) is 5.73 Å². The van der Waals surface area contributed by atoms with Gasteiger partial charge in [-0.15, -0.1) is 11.3 Å². The molecule has 1 amide bonds. The highest BCUT2D eigenvalue weighted by Gasteiger charge is 2.31. The molecule has 0 saturated carbocycles. The largest absolute Gasteiger partial charge is 0.397 e. The van der Waals surface area contributed by atoms with Crippen LogP contribution in [0.25, 0.3) is 0 Å². The van der Waals surface area contributed by atoms with Crippen molar-refractivity contribution in [3.63, 3.8) is 0 Å². The van der Waals surface area contributed by atoms with E-state index in [2.05, 4.69) is 0 Å². The van der Waals surface area contributed by atoms with Gasteiger partial charge in [-0.05, 0) is 6.07 Å². The zero-order valence-electron chi connectivity index (χ0n) is 10.3. The fraction of sp³-hybridized carbons (Fsp3) is 0.545. The Morgan fingerprint density at radius 3 is 2.50 bits per heavy atom. The fourth-order valence-corrected chi connectivity index (χ4v) is 2.99. The first-order valence-electron chi connectivity index (χ1n) is 5.62. The molecule has 2 heterocycles. The van der Waals surface area contributed by atoms with Gasteiger partial charge in [0.2, 0.25) is 0 Å². The predicted octanol–water partition coefficient (Wildman–Crippen LogP) is -0.426. The number of aliphatic hydroxyl groups is 2. The lowest BCUT2D eigenvalue weighted by molar-refractivity contribution is 0.0572. The third-order valence-corrected chi connectivity index (χ3v) is 4.12. The number of rotatable bonds is 2. The Hall–Kier alpha value is -1.31. The van der Waals surface area contributed by atoms with E-state index in [-0.39, 0.29) is 5.91 Å². The minimum absolute atomic E-state index is 0.135. The third kappa shape index (κ3) is 2.29. The summed E-state index contributed by atoms with van der Waals surface area (Å²) in [5.74, 6) is -0.135. The summed E-state index contributed by atoms with van der Waals surface area (Å²) in [5.41, 5.74) is 6.26. The Morgan fingerprint density at radius 1 is 1.44 bits per heavy atom. The molecule has 0 bridgehead atoms. The van der Waals surface area contributed by atoms with Crippen LogP contribution in [0.5, 0.6) is 0 Å². The van der Waals surface area contributed by atoms with E-state index in [9.17, 15) is 15.0 Å². The van der Waals surface area contributed by atoms with Gasteiger partial charge in [0, 0.05) is 27.2 Å². The van der Waals surface area contributed by atoms with Crippen LogP contribution in [0, 0.1) is 0 Å². The molecule has 6 nitrogen and oxygen atoms in total. The maximum atomic E-state index is 11.9. The number of nitrogens with two attached hydrogens (primary N) is 1. The molecule has 0 aliphatic carbocycles. The maximum absolute atomic E-state index is 11.9. The first-order valence-corrected chi connectivity index (χ1v) is 6.44. The predicted molar refractivity (Wildman–Crippen MR) is 71.0 cm³/mol. The highest BCUT2D eigenvalue weighted by Crippen LogP contribution is 2.34. The standard InChI is InChI=1S/C11H17N3O3S/c1-13(2)11(17)10-6(12)3-9(18-10)14-4-7(15)8(16)5-14/h3,7-8,15-16H,4-5,12H2,1-2H3. The minimum atomic E-state index is -0.749. The second-order valence-electron chi connectivity index (χ2n) is 4.61. The quantitative estimate of drug-likeness (QED) is 0.679. The molecule has 1 saturated heterocycles. The van der Waals surface area contributed by atoms with Crippen molar-refractivity contribution >= 4 is 27.9 Å². The molecule has 4 N–H and O–H groups in total. The van der Waals surface area contributed by atoms with Gasteiger partial charge in [-0.3, -0.25) is 4.79 Å². The minimum Gasteiger partial charge on any atom is -0.397 e. The van der Waals surface area contributed by atoms with Crippen LogP contribution in [0.15, 0.2) is 6.07 Å². The summed E-state index contributed by atoms with van der Waals surface area (Å²) in [5, 5.41) is 19.8. The molecule has 100 valence electrons. The number of hydrogen-bond donors (Lipinski definition) is 3. The smallest absolute Gasteiger partial charge is 0.265 e. The summed E-state index contributed by atoms with van der Waals surface area (Å²) in [7, 11) is 3.34. The molecule has 1 aromatic heterocycles. The summed E-state index contributed by atoms with van der Waals surface area (Å²) in [6, 6.07) is 1.71. The summed E-state index contributed by atoms with van der Waals surface area (Å²) in [6.45, 7) is 0.716. The van der Waals surface area contributed by atoms with Crippen LogP contribution < -0.4 is 10.6 Å². The molecule has 0 aromatic carbocycles. The monoisotopic (exact) mass is 271 g/mol. The third-order valence-electron chi connectivity index (χ3n) is 2.92. The van der Waals surface area contributed by atoms with Crippen LogP contribution in [-0.2, 0) is 0 Å². The molecule has 18 heavy (non-hydrogen) atoms. The van der Waals surface area contributed by atoms with Crippen molar-refractivity contribution in [2.45, 2.75) is 12.2 Å². The van der Waals surface area contributed by atoms with Gasteiger partial charge in [-0.2, -0.15) is 0 Å². The van der Waals surface area contributed by atoms with Gasteiger partial charge in [0.05, 0.1) is 22.9 Å². The molecule has 1 fully saturated rings. The topological polar surface area (TPSA) is 90.0 Å². The lowest BCUT2D eigenvalue weighted by atomic mass is 10.3. The molecule has 7 heteroatoms. The number of carbonyl (C=O) groups excluding carboxylic acids is 1. The SMILES string of the molecule is CN(C)C(=O)c1sc(N2CC(O)C(O)C2)cc1N. The highest BCUT2D eigenvalue weighted by atomic mass is 32.1. The molecular weight excluding hydrogens is 254 g/mol. The van der Waals surface area contributed by atoms with E-state index in [0.29, 0.717) is 23.7 Å². The van der Waals surface area contributed by atoms with E-state index in [1.807, 2.05) is 4.90 Å². The van der Waals surface area contributed by atoms with Crippen molar-refractivity contribution in [3.05, 3.63) is 10.9 Å². The number of thiophene rings is 1. The Labute approximate surface area is 109 Å². The zero-order valence-corrected chi connectivity index (χ0v) is 11.1. The van der Waals surface area contributed by atoms with Gasteiger partial charge in [0.15, 0.2) is 0 Å². The van der Waals surface area contributed by atoms with Crippen LogP contribution in [-0.4, -0.2) is 60.4 Å². The van der Waals surface area contributed by atoms with Crippen molar-refractivity contribution in [2.24, 2.45) is 0 Å². The number of nitrogens with zero attached hydrogens (tertiary/aromatic N) is 2. The highest BCUT2D eigenvalue weighted by molar-refractivity contribution is 7.18. The normalized spacial score (nSPS) is 23.4. The Bertz CT molecular complexity index is 450. The number of aliphatic hydroxyl groups excluding tert-OH is 2. The number of amides is 1. The van der Waals surface area contributed by atoms with Crippen molar-refractivity contribution < 1.29 is 15.0 Å². The van der Waals surface area contributed by atoms with Gasteiger partial charge in [0.25, 0.3) is 5.91 Å². The molecule has 2 atom stereocenters. The summed E-state index contributed by atoms with van der Waals surface area (Å²) >= 11 is 1.28. The van der Waals surface area contributed by atoms with Crippen molar-refractivity contribution in [1.82, 2.24) is 4.90 Å². The average Bonchev–Trinajstić information content (AvgIpc) is 2.82. The van der Waals surface area contributed by atoms with E-state index in [1.165, 1.54) is 16.2 Å². The van der Waals surface area contributed by atoms with Crippen molar-refractivity contribution in [1.29, 1.82) is 0 Å². The molecule has 0 radical (unpaired) electrons. The van der Waals surface area contributed by atoms with E-state index < -0.39 is 12.2 Å². The molecular formula is C11H17N3O3S. The lowest BCUT2D eigenvalue weighted by Crippen LogP contribution is -2.22. The van der Waals surface area contributed by atoms with Crippen LogP contribution in [0.3, 0.4) is 0 Å². The molecule has 2 unspecified atom stereocenters. The summed E-state index contributed by atoms with van der Waals surface area (Å²) in [6.07, 6.45) is -1.50. The number of β-amino-alcohol motifs (C(OH)–C–C–N with tert-alkyl or cyclic N) is 2. The lowest BCUT2D eigenvalue weighted by Gasteiger charge is -2.14. The number of anilines is 2. The van der Waals surface area contributed by atoms with E-state index >= 15 is 0 Å². The summed E-state index contributed by atoms with van der Waals surface area (Å²) in [4.78, 5) is 15.7. The van der Waals surface area contributed by atoms with Gasteiger partial charge in [0.1, 0.15) is 4.88 Å². The molecule has 2 rings (SSSR count). The Morgan fingerprint density at radius 2 is 2.00 bits per heavy atom. The summed E-state index contributed by atoms with van der Waals surface area (Å²) < 4.78 is 0. The second kappa shape index (κ2) is 4.75. The number of carbonyl (C=O) groups is 1. The average molecular weight is 271 g/mol. The fourth-order valence-electron chi connectivity index (χ4n) is 1.87. The van der Waals surface area contributed by atoms with Crippen LogP contribution in [0.1, 0.15) is 9.67 Å². The van der Waals surface area contributed by atoms with Crippen LogP contribution in [0.2, 0.25) is 0 Å².